The molecule has 3 aromatic rings. The third-order valence-corrected chi connectivity index (χ3v) is 5.04. The van der Waals surface area contributed by atoms with Crippen LogP contribution in [0.25, 0.3) is 11.1 Å². The van der Waals surface area contributed by atoms with E-state index in [1.54, 1.807) is 12.3 Å². The highest BCUT2D eigenvalue weighted by Crippen LogP contribution is 2.29. The Morgan fingerprint density at radius 2 is 2.11 bits per heavy atom. The maximum absolute atomic E-state index is 12.2. The number of carbonyl (C=O) groups excluding carboxylic acids is 1. The quantitative estimate of drug-likeness (QED) is 0.670. The molecule has 0 atom stereocenters. The first-order valence-corrected chi connectivity index (χ1v) is 9.93. The molecule has 0 radical (unpaired) electrons. The fourth-order valence-corrected chi connectivity index (χ4v) is 3.53. The van der Waals surface area contributed by atoms with Crippen LogP contribution in [0.1, 0.15) is 49.9 Å². The van der Waals surface area contributed by atoms with Crippen LogP contribution in [0.2, 0.25) is 0 Å². The van der Waals surface area contributed by atoms with Crippen molar-refractivity contribution in [3.8, 4) is 0 Å². The fourth-order valence-electron chi connectivity index (χ4n) is 3.53. The summed E-state index contributed by atoms with van der Waals surface area (Å²) in [4.78, 5) is 23.8. The molecule has 8 nitrogen and oxygen atoms in total. The monoisotopic (exact) mass is 383 g/mol. The molecule has 1 fully saturated rings. The maximum Gasteiger partial charge on any atom is 0.263 e. The van der Waals surface area contributed by atoms with Crippen molar-refractivity contribution in [3.63, 3.8) is 0 Å². The average molecular weight is 383 g/mol. The van der Waals surface area contributed by atoms with Crippen LogP contribution in [0.5, 0.6) is 0 Å². The van der Waals surface area contributed by atoms with Gasteiger partial charge in [0.05, 0.1) is 18.5 Å². The molecule has 0 saturated carbocycles. The highest BCUT2D eigenvalue weighted by molar-refractivity contribution is 5.88. The van der Waals surface area contributed by atoms with E-state index in [0.29, 0.717) is 30.9 Å². The van der Waals surface area contributed by atoms with Gasteiger partial charge in [-0.25, -0.2) is 4.98 Å². The van der Waals surface area contributed by atoms with Crippen LogP contribution in [0.15, 0.2) is 27.3 Å². The van der Waals surface area contributed by atoms with E-state index < -0.39 is 0 Å². The van der Waals surface area contributed by atoms with E-state index in [-0.39, 0.29) is 5.91 Å². The number of amides is 1. The third-order valence-electron chi connectivity index (χ3n) is 5.04. The number of furan rings is 1. The van der Waals surface area contributed by atoms with Gasteiger partial charge in [-0.1, -0.05) is 12.1 Å². The molecule has 0 spiro atoms. The van der Waals surface area contributed by atoms with Crippen molar-refractivity contribution < 1.29 is 13.7 Å². The van der Waals surface area contributed by atoms with E-state index in [1.807, 2.05) is 6.07 Å². The van der Waals surface area contributed by atoms with E-state index in [1.165, 1.54) is 6.42 Å². The molecule has 1 saturated heterocycles. The van der Waals surface area contributed by atoms with Crippen molar-refractivity contribution in [1.29, 1.82) is 0 Å². The van der Waals surface area contributed by atoms with Crippen molar-refractivity contribution in [2.24, 2.45) is 0 Å². The highest BCUT2D eigenvalue weighted by atomic mass is 16.5. The standard InChI is InChI=1S/C20H25N5O3/c1-2-15-18-19(25-10-4-3-5-11-25)22-16(23-20(18)28-24-15)8-9-17(26)21-13-14-7-6-12-27-14/h6-7,12H,2-5,8-11,13H2,1H3,(H,21,26). The second kappa shape index (κ2) is 8.41. The summed E-state index contributed by atoms with van der Waals surface area (Å²) in [5.74, 6) is 2.17. The highest BCUT2D eigenvalue weighted by Gasteiger charge is 2.22. The summed E-state index contributed by atoms with van der Waals surface area (Å²) in [5, 5.41) is 7.93. The average Bonchev–Trinajstić information content (AvgIpc) is 3.40. The lowest BCUT2D eigenvalue weighted by atomic mass is 10.1. The van der Waals surface area contributed by atoms with Crippen molar-refractivity contribution in [2.45, 2.75) is 52.0 Å². The van der Waals surface area contributed by atoms with E-state index >= 15 is 0 Å². The Morgan fingerprint density at radius 3 is 2.86 bits per heavy atom. The summed E-state index contributed by atoms with van der Waals surface area (Å²) in [6.45, 7) is 4.38. The van der Waals surface area contributed by atoms with E-state index in [0.717, 1.165) is 55.0 Å². The van der Waals surface area contributed by atoms with E-state index in [2.05, 4.69) is 27.3 Å². The third kappa shape index (κ3) is 4.00. The first-order valence-electron chi connectivity index (χ1n) is 9.93. The van der Waals surface area contributed by atoms with Crippen LogP contribution in [0.3, 0.4) is 0 Å². The van der Waals surface area contributed by atoms with Crippen LogP contribution in [0.4, 0.5) is 5.82 Å². The zero-order valence-electron chi connectivity index (χ0n) is 16.1. The van der Waals surface area contributed by atoms with Crippen LogP contribution in [-0.2, 0) is 24.2 Å². The van der Waals surface area contributed by atoms with Crippen LogP contribution in [-0.4, -0.2) is 34.1 Å². The van der Waals surface area contributed by atoms with E-state index in [9.17, 15) is 4.79 Å². The number of aromatic nitrogens is 3. The summed E-state index contributed by atoms with van der Waals surface area (Å²) in [6, 6.07) is 3.63. The zero-order chi connectivity index (χ0) is 19.3. The number of fused-ring (bicyclic) bond motifs is 1. The van der Waals surface area contributed by atoms with Gasteiger partial charge in [0.1, 0.15) is 22.8 Å². The molecule has 8 heteroatoms. The molecule has 0 aromatic carbocycles. The van der Waals surface area contributed by atoms with Gasteiger partial charge >= 0.3 is 0 Å². The number of nitrogens with zero attached hydrogens (tertiary/aromatic N) is 4. The predicted molar refractivity (Wildman–Crippen MR) is 104 cm³/mol. The second-order valence-electron chi connectivity index (χ2n) is 7.03. The Bertz CT molecular complexity index is 929. The minimum absolute atomic E-state index is 0.0635. The Labute approximate surface area is 163 Å². The van der Waals surface area contributed by atoms with Crippen molar-refractivity contribution >= 4 is 22.8 Å². The molecule has 0 bridgehead atoms. The number of piperidine rings is 1. The number of rotatable bonds is 7. The number of nitrogens with one attached hydrogen (secondary N) is 1. The minimum Gasteiger partial charge on any atom is -0.467 e. The zero-order valence-corrected chi connectivity index (χ0v) is 16.1. The Kier molecular flexibility index (Phi) is 5.55. The number of hydrogen-bond donors (Lipinski definition) is 1. The molecule has 148 valence electrons. The van der Waals surface area contributed by atoms with Crippen molar-refractivity contribution in [3.05, 3.63) is 35.7 Å². The molecule has 1 aliphatic rings. The predicted octanol–water partition coefficient (Wildman–Crippen LogP) is 3.01. The van der Waals surface area contributed by atoms with Gasteiger partial charge in [-0.3, -0.25) is 4.79 Å². The number of aryl methyl sites for hydroxylation is 2. The summed E-state index contributed by atoms with van der Waals surface area (Å²) in [6.07, 6.45) is 6.67. The van der Waals surface area contributed by atoms with Crippen molar-refractivity contribution in [1.82, 2.24) is 20.4 Å². The Hall–Kier alpha value is -2.90. The smallest absolute Gasteiger partial charge is 0.263 e. The number of anilines is 1. The Balaban J connectivity index is 1.49. The van der Waals surface area contributed by atoms with Crippen LogP contribution in [0, 0.1) is 0 Å². The molecular weight excluding hydrogens is 358 g/mol. The molecular formula is C20H25N5O3. The minimum atomic E-state index is -0.0635. The van der Waals surface area contributed by atoms with Crippen molar-refractivity contribution in [2.75, 3.05) is 18.0 Å². The summed E-state index contributed by atoms with van der Waals surface area (Å²) >= 11 is 0. The molecule has 0 unspecified atom stereocenters. The first kappa shape index (κ1) is 18.5. The second-order valence-corrected chi connectivity index (χ2v) is 7.03. The van der Waals surface area contributed by atoms with Gasteiger partial charge in [0.15, 0.2) is 0 Å². The fraction of sp³-hybridized carbons (Fsp3) is 0.500. The molecule has 28 heavy (non-hydrogen) atoms. The molecule has 0 aliphatic carbocycles. The molecule has 4 rings (SSSR count). The Morgan fingerprint density at radius 1 is 1.25 bits per heavy atom. The first-order chi connectivity index (χ1) is 13.7. The number of carbonyl (C=O) groups is 1. The van der Waals surface area contributed by atoms with Crippen LogP contribution < -0.4 is 10.2 Å². The van der Waals surface area contributed by atoms with Gasteiger partial charge in [0.2, 0.25) is 5.91 Å². The SMILES string of the molecule is CCc1noc2nc(CCC(=O)NCc3ccco3)nc(N3CCCCC3)c12. The van der Waals surface area contributed by atoms with Gasteiger partial charge < -0.3 is 19.2 Å². The molecule has 3 aromatic heterocycles. The summed E-state index contributed by atoms with van der Waals surface area (Å²) in [7, 11) is 0. The van der Waals surface area contributed by atoms with E-state index in [4.69, 9.17) is 13.9 Å². The topological polar surface area (TPSA) is 97.3 Å². The van der Waals surface area contributed by atoms with Gasteiger partial charge in [-0.05, 0) is 37.8 Å². The largest absolute Gasteiger partial charge is 0.467 e. The van der Waals surface area contributed by atoms with Gasteiger partial charge in [-0.2, -0.15) is 4.98 Å². The lowest BCUT2D eigenvalue weighted by Gasteiger charge is -2.28. The molecule has 4 heterocycles. The maximum atomic E-state index is 12.2. The van der Waals surface area contributed by atoms with Gasteiger partial charge in [-0.15, -0.1) is 0 Å². The summed E-state index contributed by atoms with van der Waals surface area (Å²) in [5.41, 5.74) is 1.40. The lowest BCUT2D eigenvalue weighted by molar-refractivity contribution is -0.121. The summed E-state index contributed by atoms with van der Waals surface area (Å²) < 4.78 is 10.7. The van der Waals surface area contributed by atoms with Crippen LogP contribution >= 0.6 is 0 Å². The molecule has 1 aliphatic heterocycles. The molecule has 1 amide bonds. The van der Waals surface area contributed by atoms with Gasteiger partial charge in [0, 0.05) is 25.9 Å². The normalized spacial score (nSPS) is 14.5. The van der Waals surface area contributed by atoms with Gasteiger partial charge in [0.25, 0.3) is 5.71 Å². The molecule has 1 N–H and O–H groups in total. The number of hydrogen-bond acceptors (Lipinski definition) is 7. The lowest BCUT2D eigenvalue weighted by Crippen LogP contribution is -2.31.